The van der Waals surface area contributed by atoms with Crippen LogP contribution in [-0.2, 0) is 22.1 Å². The molecule has 3 rings (SSSR count). The Labute approximate surface area is 174 Å². The molecule has 0 aromatic heterocycles. The molecular formula is C21H33N3O2S2. The van der Waals surface area contributed by atoms with E-state index in [1.165, 1.54) is 44.1 Å². The first-order valence-corrected chi connectivity index (χ1v) is 13.4. The zero-order valence-corrected chi connectivity index (χ0v) is 18.7. The summed E-state index contributed by atoms with van der Waals surface area (Å²) in [5.41, 5.74) is 1.93. The molecule has 1 aromatic rings. The molecule has 2 fully saturated rings. The van der Waals surface area contributed by atoms with E-state index < -0.39 is 9.84 Å². The Bertz CT molecular complexity index is 764. The monoisotopic (exact) mass is 423 g/mol. The summed E-state index contributed by atoms with van der Waals surface area (Å²) in [6, 6.07) is 7.77. The second-order valence-corrected chi connectivity index (χ2v) is 11.8. The first-order chi connectivity index (χ1) is 13.4. The number of sulfone groups is 1. The van der Waals surface area contributed by atoms with Crippen LogP contribution in [0.25, 0.3) is 0 Å². The topological polar surface area (TPSA) is 61.8 Å². The summed E-state index contributed by atoms with van der Waals surface area (Å²) in [5, 5.41) is 3.47. The predicted octanol–water partition coefficient (Wildman–Crippen LogP) is 3.45. The van der Waals surface area contributed by atoms with E-state index in [2.05, 4.69) is 28.9 Å². The average molecular weight is 424 g/mol. The second-order valence-electron chi connectivity index (χ2n) is 8.07. The van der Waals surface area contributed by atoms with Crippen LogP contribution >= 0.6 is 11.8 Å². The van der Waals surface area contributed by atoms with Crippen LogP contribution in [0.15, 0.2) is 29.3 Å². The van der Waals surface area contributed by atoms with E-state index >= 15 is 0 Å². The van der Waals surface area contributed by atoms with E-state index in [0.29, 0.717) is 11.3 Å². The standard InChI is InChI=1S/C21H33N3O2S2/c1-3-22-20(24-13-14-27-21(17-24)11-5-4-6-12-21)23-15-18-7-9-19(10-8-18)16-28(2,25)26/h7-10H,3-6,11-17H2,1-2H3,(H,22,23). The van der Waals surface area contributed by atoms with Crippen LogP contribution in [0.2, 0.25) is 0 Å². The Morgan fingerprint density at radius 3 is 2.50 bits per heavy atom. The highest BCUT2D eigenvalue weighted by Gasteiger charge is 2.38. The average Bonchev–Trinajstić information content (AvgIpc) is 2.66. The van der Waals surface area contributed by atoms with Gasteiger partial charge >= 0.3 is 0 Å². The molecule has 1 aliphatic carbocycles. The first kappa shape index (κ1) is 21.5. The summed E-state index contributed by atoms with van der Waals surface area (Å²) >= 11 is 2.17. The van der Waals surface area contributed by atoms with Crippen LogP contribution in [0.1, 0.15) is 50.2 Å². The molecule has 28 heavy (non-hydrogen) atoms. The molecule has 1 spiro atoms. The summed E-state index contributed by atoms with van der Waals surface area (Å²) in [6.45, 7) is 5.73. The lowest BCUT2D eigenvalue weighted by Crippen LogP contribution is -2.53. The van der Waals surface area contributed by atoms with Crippen LogP contribution in [0.5, 0.6) is 0 Å². The van der Waals surface area contributed by atoms with Crippen LogP contribution in [0, 0.1) is 0 Å². The van der Waals surface area contributed by atoms with Crippen molar-refractivity contribution >= 4 is 27.6 Å². The van der Waals surface area contributed by atoms with Gasteiger partial charge in [0, 0.05) is 36.4 Å². The van der Waals surface area contributed by atoms with Crippen molar-refractivity contribution in [2.45, 2.75) is 56.1 Å². The number of aliphatic imine (C=N–C) groups is 1. The minimum Gasteiger partial charge on any atom is -0.357 e. The summed E-state index contributed by atoms with van der Waals surface area (Å²) in [6.07, 6.45) is 8.02. The number of guanidine groups is 1. The fraction of sp³-hybridized carbons (Fsp3) is 0.667. The van der Waals surface area contributed by atoms with Gasteiger partial charge in [-0.3, -0.25) is 0 Å². The number of benzene rings is 1. The van der Waals surface area contributed by atoms with Crippen LogP contribution < -0.4 is 5.32 Å². The third-order valence-corrected chi connectivity index (χ3v) is 7.91. The van der Waals surface area contributed by atoms with Gasteiger partial charge in [-0.1, -0.05) is 43.5 Å². The van der Waals surface area contributed by atoms with Gasteiger partial charge in [0.15, 0.2) is 15.8 Å². The van der Waals surface area contributed by atoms with Crippen molar-refractivity contribution in [3.8, 4) is 0 Å². The fourth-order valence-corrected chi connectivity index (χ4v) is 6.53. The Morgan fingerprint density at radius 1 is 1.18 bits per heavy atom. The van der Waals surface area contributed by atoms with Gasteiger partial charge in [0.25, 0.3) is 0 Å². The van der Waals surface area contributed by atoms with E-state index in [4.69, 9.17) is 4.99 Å². The van der Waals surface area contributed by atoms with Crippen molar-refractivity contribution in [2.75, 3.05) is 31.6 Å². The van der Waals surface area contributed by atoms with Gasteiger partial charge in [0.2, 0.25) is 0 Å². The largest absolute Gasteiger partial charge is 0.357 e. The van der Waals surface area contributed by atoms with E-state index in [-0.39, 0.29) is 5.75 Å². The third-order valence-electron chi connectivity index (χ3n) is 5.51. The van der Waals surface area contributed by atoms with Crippen molar-refractivity contribution in [3.63, 3.8) is 0 Å². The number of thioether (sulfide) groups is 1. The molecule has 0 amide bonds. The number of nitrogens with zero attached hydrogens (tertiary/aromatic N) is 2. The maximum Gasteiger partial charge on any atom is 0.194 e. The highest BCUT2D eigenvalue weighted by molar-refractivity contribution is 8.00. The maximum atomic E-state index is 11.4. The summed E-state index contributed by atoms with van der Waals surface area (Å²) in [5.74, 6) is 2.27. The van der Waals surface area contributed by atoms with Crippen LogP contribution in [0.4, 0.5) is 0 Å². The van der Waals surface area contributed by atoms with Gasteiger partial charge in [-0.05, 0) is 30.9 Å². The van der Waals surface area contributed by atoms with Gasteiger partial charge in [0.1, 0.15) is 0 Å². The summed E-state index contributed by atoms with van der Waals surface area (Å²) in [4.78, 5) is 7.34. The highest BCUT2D eigenvalue weighted by atomic mass is 32.2. The third kappa shape index (κ3) is 6.14. The van der Waals surface area contributed by atoms with Gasteiger partial charge in [-0.15, -0.1) is 0 Å². The molecule has 0 bridgehead atoms. The number of rotatable bonds is 5. The molecule has 0 radical (unpaired) electrons. The minimum atomic E-state index is -3.00. The lowest BCUT2D eigenvalue weighted by Gasteiger charge is -2.45. The van der Waals surface area contributed by atoms with Crippen molar-refractivity contribution < 1.29 is 8.42 Å². The molecule has 1 saturated carbocycles. The molecule has 7 heteroatoms. The molecular weight excluding hydrogens is 390 g/mol. The number of hydrogen-bond acceptors (Lipinski definition) is 4. The van der Waals surface area contributed by atoms with Crippen LogP contribution in [-0.4, -0.2) is 55.7 Å². The van der Waals surface area contributed by atoms with E-state index in [1.54, 1.807) is 0 Å². The Morgan fingerprint density at radius 2 is 1.86 bits per heavy atom. The predicted molar refractivity (Wildman–Crippen MR) is 120 cm³/mol. The second kappa shape index (κ2) is 9.53. The number of nitrogens with one attached hydrogen (secondary N) is 1. The highest BCUT2D eigenvalue weighted by Crippen LogP contribution is 2.42. The van der Waals surface area contributed by atoms with Gasteiger partial charge in [0.05, 0.1) is 12.3 Å². The molecule has 1 N–H and O–H groups in total. The molecule has 1 heterocycles. The van der Waals surface area contributed by atoms with E-state index in [0.717, 1.165) is 36.7 Å². The van der Waals surface area contributed by atoms with Crippen molar-refractivity contribution in [3.05, 3.63) is 35.4 Å². The van der Waals surface area contributed by atoms with Gasteiger partial charge in [-0.25, -0.2) is 13.4 Å². The van der Waals surface area contributed by atoms with E-state index in [9.17, 15) is 8.42 Å². The van der Waals surface area contributed by atoms with Crippen molar-refractivity contribution in [1.29, 1.82) is 0 Å². The van der Waals surface area contributed by atoms with Gasteiger partial charge < -0.3 is 10.2 Å². The maximum absolute atomic E-state index is 11.4. The van der Waals surface area contributed by atoms with Crippen molar-refractivity contribution in [2.24, 2.45) is 4.99 Å². The Hall–Kier alpha value is -1.21. The molecule has 0 atom stereocenters. The Kier molecular flexibility index (Phi) is 7.31. The molecule has 0 unspecified atom stereocenters. The smallest absolute Gasteiger partial charge is 0.194 e. The first-order valence-electron chi connectivity index (χ1n) is 10.3. The summed E-state index contributed by atoms with van der Waals surface area (Å²) < 4.78 is 23.3. The van der Waals surface area contributed by atoms with Gasteiger partial charge in [-0.2, -0.15) is 11.8 Å². The fourth-order valence-electron chi connectivity index (χ4n) is 4.16. The normalized spacial score (nSPS) is 20.4. The van der Waals surface area contributed by atoms with Crippen LogP contribution in [0.3, 0.4) is 0 Å². The lowest BCUT2D eigenvalue weighted by atomic mass is 9.87. The molecule has 1 saturated heterocycles. The molecule has 1 aliphatic heterocycles. The van der Waals surface area contributed by atoms with E-state index in [1.807, 2.05) is 24.3 Å². The SMILES string of the molecule is CCNC(=NCc1ccc(CS(C)(=O)=O)cc1)N1CCSC2(CCCCC2)C1. The quantitative estimate of drug-likeness (QED) is 0.581. The molecule has 156 valence electrons. The Balaban J connectivity index is 1.66. The molecule has 2 aliphatic rings. The summed E-state index contributed by atoms with van der Waals surface area (Å²) in [7, 11) is -3.00. The van der Waals surface area contributed by atoms with Crippen molar-refractivity contribution in [1.82, 2.24) is 10.2 Å². The lowest BCUT2D eigenvalue weighted by molar-refractivity contribution is 0.293. The zero-order valence-electron chi connectivity index (χ0n) is 17.1. The molecule has 5 nitrogen and oxygen atoms in total. The minimum absolute atomic E-state index is 0.0900. The number of hydrogen-bond donors (Lipinski definition) is 1. The zero-order chi connectivity index (χ0) is 20.0. The molecule has 1 aromatic carbocycles.